The van der Waals surface area contributed by atoms with E-state index in [0.717, 1.165) is 69.9 Å². The highest BCUT2D eigenvalue weighted by Gasteiger charge is 2.49. The lowest BCUT2D eigenvalue weighted by atomic mass is 9.81. The number of anilines is 1. The molecular weight excluding hydrogens is 480 g/mol. The predicted octanol–water partition coefficient (Wildman–Crippen LogP) is 8.05. The predicted molar refractivity (Wildman–Crippen MR) is 120 cm³/mol. The molecule has 34 heavy (non-hydrogen) atoms. The third-order valence-corrected chi connectivity index (χ3v) is 6.84. The molecule has 0 bridgehead atoms. The van der Waals surface area contributed by atoms with Gasteiger partial charge in [-0.3, -0.25) is 4.79 Å². The molecular formula is C25H26ClF6NO. The smallest absolute Gasteiger partial charge is 0.324 e. The van der Waals surface area contributed by atoms with Crippen LogP contribution in [-0.4, -0.2) is 18.3 Å². The van der Waals surface area contributed by atoms with Gasteiger partial charge in [-0.05, 0) is 67.9 Å². The van der Waals surface area contributed by atoms with Crippen molar-refractivity contribution in [1.29, 1.82) is 0 Å². The fourth-order valence-corrected chi connectivity index (χ4v) is 3.95. The first kappa shape index (κ1) is 26.4. The van der Waals surface area contributed by atoms with Gasteiger partial charge in [-0.15, -0.1) is 0 Å². The zero-order chi connectivity index (χ0) is 25.5. The van der Waals surface area contributed by atoms with Gasteiger partial charge in [-0.1, -0.05) is 48.9 Å². The van der Waals surface area contributed by atoms with Crippen molar-refractivity contribution in [3.05, 3.63) is 64.2 Å². The molecule has 1 aliphatic rings. The van der Waals surface area contributed by atoms with Crippen LogP contribution >= 0.6 is 11.6 Å². The first-order chi connectivity index (χ1) is 15.6. The Hall–Kier alpha value is -2.22. The van der Waals surface area contributed by atoms with Crippen LogP contribution < -0.4 is 5.32 Å². The maximum absolute atomic E-state index is 13.6. The Labute approximate surface area is 199 Å². The monoisotopic (exact) mass is 505 g/mol. The zero-order valence-corrected chi connectivity index (χ0v) is 19.7. The summed E-state index contributed by atoms with van der Waals surface area (Å²) < 4.78 is 81.0. The van der Waals surface area contributed by atoms with E-state index in [9.17, 15) is 31.1 Å². The van der Waals surface area contributed by atoms with E-state index in [-0.39, 0.29) is 21.8 Å². The minimum absolute atomic E-state index is 0.0330. The van der Waals surface area contributed by atoms with Gasteiger partial charge in [0.25, 0.3) is 0 Å². The molecule has 0 aromatic heterocycles. The normalized spacial score (nSPS) is 16.8. The average Bonchev–Trinajstić information content (AvgIpc) is 3.53. The quantitative estimate of drug-likeness (QED) is 0.379. The number of carbonyl (C=O) groups excluding carboxylic acids is 1. The minimum atomic E-state index is -4.70. The summed E-state index contributed by atoms with van der Waals surface area (Å²) in [5.41, 5.74) is -1.22. The standard InChI is InChI=1S/C25H26ClF6NO/c1-14(24(27,28)29)21(17-7-9-18(10-8-17)23(2,3)25(30,31)32)22(34)33-20-13-16(6-11-19(20)26)12-15-4-5-15/h6-11,13-15,21H,4-5,12H2,1-3H3,(H,33,34)/t14-,21+/m1/s1. The molecule has 2 aromatic carbocycles. The number of halogens is 7. The summed E-state index contributed by atoms with van der Waals surface area (Å²) in [6.07, 6.45) is -6.25. The molecule has 1 fully saturated rings. The third kappa shape index (κ3) is 5.88. The summed E-state index contributed by atoms with van der Waals surface area (Å²) in [4.78, 5) is 13.1. The highest BCUT2D eigenvalue weighted by molar-refractivity contribution is 6.33. The van der Waals surface area contributed by atoms with Gasteiger partial charge in [0.05, 0.1) is 28.0 Å². The van der Waals surface area contributed by atoms with Gasteiger partial charge in [-0.2, -0.15) is 26.3 Å². The van der Waals surface area contributed by atoms with Crippen LogP contribution in [0.4, 0.5) is 32.0 Å². The zero-order valence-electron chi connectivity index (χ0n) is 18.9. The summed E-state index contributed by atoms with van der Waals surface area (Å²) in [6, 6.07) is 9.60. The van der Waals surface area contributed by atoms with Crippen molar-refractivity contribution in [3.8, 4) is 0 Å². The molecule has 1 saturated carbocycles. The van der Waals surface area contributed by atoms with Gasteiger partial charge in [0.2, 0.25) is 5.91 Å². The number of hydrogen-bond acceptors (Lipinski definition) is 1. The molecule has 0 spiro atoms. The summed E-state index contributed by atoms with van der Waals surface area (Å²) in [5, 5.41) is 2.70. The number of rotatable bonds is 7. The van der Waals surface area contributed by atoms with Gasteiger partial charge < -0.3 is 5.32 Å². The van der Waals surface area contributed by atoms with Crippen LogP contribution in [0, 0.1) is 11.8 Å². The second-order valence-corrected chi connectivity index (χ2v) is 9.91. The fourth-order valence-electron chi connectivity index (χ4n) is 3.79. The maximum atomic E-state index is 13.6. The van der Waals surface area contributed by atoms with Crippen LogP contribution in [0.15, 0.2) is 42.5 Å². The van der Waals surface area contributed by atoms with E-state index in [1.807, 2.05) is 6.07 Å². The molecule has 0 saturated heterocycles. The maximum Gasteiger partial charge on any atom is 0.397 e. The van der Waals surface area contributed by atoms with Crippen molar-refractivity contribution in [1.82, 2.24) is 0 Å². The van der Waals surface area contributed by atoms with E-state index in [1.54, 1.807) is 12.1 Å². The molecule has 1 N–H and O–H groups in total. The van der Waals surface area contributed by atoms with Gasteiger partial charge in [0.15, 0.2) is 0 Å². The van der Waals surface area contributed by atoms with Crippen LogP contribution in [-0.2, 0) is 16.6 Å². The minimum Gasteiger partial charge on any atom is -0.324 e. The van der Waals surface area contributed by atoms with Crippen molar-refractivity contribution in [2.24, 2.45) is 11.8 Å². The lowest BCUT2D eigenvalue weighted by Crippen LogP contribution is -2.36. The number of amides is 1. The SMILES string of the molecule is C[C@H]([C@H](C(=O)Nc1cc(CC2CC2)ccc1Cl)c1ccc(C(C)(C)C(F)(F)F)cc1)C(F)(F)F. The van der Waals surface area contributed by atoms with Crippen LogP contribution in [0.1, 0.15) is 56.2 Å². The number of alkyl halides is 6. The molecule has 186 valence electrons. The lowest BCUT2D eigenvalue weighted by molar-refractivity contribution is -0.180. The molecule has 0 heterocycles. The Morgan fingerprint density at radius 3 is 2.12 bits per heavy atom. The second-order valence-electron chi connectivity index (χ2n) is 9.50. The molecule has 1 amide bonds. The summed E-state index contributed by atoms with van der Waals surface area (Å²) in [7, 11) is 0. The molecule has 2 nitrogen and oxygen atoms in total. The number of nitrogens with one attached hydrogen (secondary N) is 1. The molecule has 3 rings (SSSR count). The first-order valence-electron chi connectivity index (χ1n) is 10.9. The Morgan fingerprint density at radius 1 is 1.03 bits per heavy atom. The number of hydrogen-bond donors (Lipinski definition) is 1. The molecule has 9 heteroatoms. The van der Waals surface area contributed by atoms with Crippen molar-refractivity contribution in [2.75, 3.05) is 5.32 Å². The Morgan fingerprint density at radius 2 is 1.62 bits per heavy atom. The third-order valence-electron chi connectivity index (χ3n) is 6.51. The molecule has 0 radical (unpaired) electrons. The van der Waals surface area contributed by atoms with E-state index >= 15 is 0 Å². The highest BCUT2D eigenvalue weighted by Crippen LogP contribution is 2.43. The number of carbonyl (C=O) groups is 1. The van der Waals surface area contributed by atoms with Crippen molar-refractivity contribution >= 4 is 23.2 Å². The Bertz CT molecular complexity index is 1030. The van der Waals surface area contributed by atoms with E-state index < -0.39 is 35.5 Å². The molecule has 0 unspecified atom stereocenters. The van der Waals surface area contributed by atoms with Crippen LogP contribution in [0.2, 0.25) is 5.02 Å². The summed E-state index contributed by atoms with van der Waals surface area (Å²) in [6.45, 7) is 2.85. The average molecular weight is 506 g/mol. The van der Waals surface area contributed by atoms with E-state index in [1.165, 1.54) is 0 Å². The van der Waals surface area contributed by atoms with Crippen molar-refractivity contribution in [2.45, 2.75) is 63.7 Å². The second kappa shape index (κ2) is 9.44. The summed E-state index contributed by atoms with van der Waals surface area (Å²) in [5.74, 6) is -4.13. The van der Waals surface area contributed by atoms with Crippen LogP contribution in [0.25, 0.3) is 0 Å². The van der Waals surface area contributed by atoms with Gasteiger partial charge in [-0.25, -0.2) is 0 Å². The highest BCUT2D eigenvalue weighted by atomic mass is 35.5. The lowest BCUT2D eigenvalue weighted by Gasteiger charge is -2.29. The van der Waals surface area contributed by atoms with Crippen molar-refractivity contribution < 1.29 is 31.1 Å². The largest absolute Gasteiger partial charge is 0.397 e. The molecule has 2 atom stereocenters. The van der Waals surface area contributed by atoms with E-state index in [0.29, 0.717) is 5.92 Å². The summed E-state index contributed by atoms with van der Waals surface area (Å²) >= 11 is 6.18. The van der Waals surface area contributed by atoms with Gasteiger partial charge in [0, 0.05) is 0 Å². The van der Waals surface area contributed by atoms with E-state index in [4.69, 9.17) is 11.6 Å². The van der Waals surface area contributed by atoms with Gasteiger partial charge in [0.1, 0.15) is 0 Å². The molecule has 0 aliphatic heterocycles. The molecule has 2 aromatic rings. The number of benzene rings is 2. The first-order valence-corrected chi connectivity index (χ1v) is 11.3. The fraction of sp³-hybridized carbons (Fsp3) is 0.480. The van der Waals surface area contributed by atoms with Gasteiger partial charge >= 0.3 is 12.4 Å². The Kier molecular flexibility index (Phi) is 7.32. The van der Waals surface area contributed by atoms with E-state index in [2.05, 4.69) is 5.32 Å². The van der Waals surface area contributed by atoms with Crippen LogP contribution in [0.3, 0.4) is 0 Å². The Balaban J connectivity index is 1.92. The van der Waals surface area contributed by atoms with Crippen LogP contribution in [0.5, 0.6) is 0 Å². The topological polar surface area (TPSA) is 29.1 Å². The molecule has 1 aliphatic carbocycles. The van der Waals surface area contributed by atoms with Crippen molar-refractivity contribution in [3.63, 3.8) is 0 Å².